The Morgan fingerprint density at radius 2 is 1.74 bits per heavy atom. The van der Waals surface area contributed by atoms with Gasteiger partial charge in [0.2, 0.25) is 0 Å². The average Bonchev–Trinajstić information content (AvgIpc) is 3.15. The molecule has 0 radical (unpaired) electrons. The summed E-state index contributed by atoms with van der Waals surface area (Å²) >= 11 is 0. The Balaban J connectivity index is 1.47. The monoisotopic (exact) mass is 458 g/mol. The van der Waals surface area contributed by atoms with Crippen LogP contribution in [-0.2, 0) is 6.61 Å². The Bertz CT molecular complexity index is 1540. The SMILES string of the molecule is Cc1ccc2c(NC(=O)c3c(C)nc4c(OCc5c(F)cccc5F)cccn34)cccc2n1. The Hall–Kier alpha value is -4.33. The fourth-order valence-electron chi connectivity index (χ4n) is 3.91. The number of carbonyl (C=O) groups is 1. The van der Waals surface area contributed by atoms with Crippen molar-refractivity contribution in [2.75, 3.05) is 5.32 Å². The molecule has 5 aromatic rings. The molecule has 0 unspecified atom stereocenters. The number of nitrogens with zero attached hydrogens (tertiary/aromatic N) is 3. The number of hydrogen-bond acceptors (Lipinski definition) is 4. The van der Waals surface area contributed by atoms with Gasteiger partial charge in [0.15, 0.2) is 11.4 Å². The van der Waals surface area contributed by atoms with Gasteiger partial charge in [-0.2, -0.15) is 0 Å². The van der Waals surface area contributed by atoms with E-state index in [1.54, 1.807) is 29.7 Å². The molecule has 0 saturated carbocycles. The molecule has 6 nitrogen and oxygen atoms in total. The maximum Gasteiger partial charge on any atom is 0.274 e. The lowest BCUT2D eigenvalue weighted by atomic mass is 10.1. The van der Waals surface area contributed by atoms with Crippen molar-refractivity contribution in [3.05, 3.63) is 101 Å². The number of nitrogens with one attached hydrogen (secondary N) is 1. The Morgan fingerprint density at radius 3 is 2.53 bits per heavy atom. The number of benzene rings is 2. The molecule has 0 aliphatic heterocycles. The van der Waals surface area contributed by atoms with Crippen molar-refractivity contribution < 1.29 is 18.3 Å². The highest BCUT2D eigenvalue weighted by Gasteiger charge is 2.20. The third kappa shape index (κ3) is 3.83. The van der Waals surface area contributed by atoms with E-state index in [-0.39, 0.29) is 18.1 Å². The molecular formula is C26H20F2N4O2. The summed E-state index contributed by atoms with van der Waals surface area (Å²) in [6.07, 6.45) is 1.69. The van der Waals surface area contributed by atoms with E-state index in [0.717, 1.165) is 16.6 Å². The minimum atomic E-state index is -0.689. The van der Waals surface area contributed by atoms with Gasteiger partial charge in [-0.25, -0.2) is 13.8 Å². The van der Waals surface area contributed by atoms with Gasteiger partial charge in [0, 0.05) is 17.3 Å². The molecule has 0 spiro atoms. The van der Waals surface area contributed by atoms with E-state index < -0.39 is 11.6 Å². The van der Waals surface area contributed by atoms with Crippen molar-refractivity contribution in [1.29, 1.82) is 0 Å². The number of rotatable bonds is 5. The van der Waals surface area contributed by atoms with Crippen LogP contribution in [0.25, 0.3) is 16.6 Å². The number of aromatic nitrogens is 3. The summed E-state index contributed by atoms with van der Waals surface area (Å²) < 4.78 is 35.3. The highest BCUT2D eigenvalue weighted by molar-refractivity contribution is 6.08. The quantitative estimate of drug-likeness (QED) is 0.372. The third-order valence-electron chi connectivity index (χ3n) is 5.56. The number of aryl methyl sites for hydroxylation is 2. The standard InChI is InChI=1S/C26H20F2N4O2/c1-15-11-12-17-21(29-15)8-4-9-22(17)31-26(33)24-16(2)30-25-23(10-5-13-32(24)25)34-14-18-19(27)6-3-7-20(18)28/h3-13H,14H2,1-2H3,(H,31,33). The highest BCUT2D eigenvalue weighted by atomic mass is 19.1. The van der Waals surface area contributed by atoms with Gasteiger partial charge in [0.1, 0.15) is 23.9 Å². The minimum absolute atomic E-state index is 0.175. The number of anilines is 1. The van der Waals surface area contributed by atoms with Gasteiger partial charge in [0.25, 0.3) is 5.91 Å². The van der Waals surface area contributed by atoms with Crippen LogP contribution in [0.1, 0.15) is 27.4 Å². The maximum absolute atomic E-state index is 14.0. The summed E-state index contributed by atoms with van der Waals surface area (Å²) in [6, 6.07) is 16.3. The number of halogens is 2. The molecule has 170 valence electrons. The predicted molar refractivity (Wildman–Crippen MR) is 125 cm³/mol. The minimum Gasteiger partial charge on any atom is -0.485 e. The van der Waals surface area contributed by atoms with Crippen LogP contribution in [0.5, 0.6) is 5.75 Å². The lowest BCUT2D eigenvalue weighted by Crippen LogP contribution is -2.16. The van der Waals surface area contributed by atoms with Crippen molar-refractivity contribution >= 4 is 28.1 Å². The Kier molecular flexibility index (Phi) is 5.41. The summed E-state index contributed by atoms with van der Waals surface area (Å²) in [4.78, 5) is 22.3. The molecule has 3 heterocycles. The van der Waals surface area contributed by atoms with E-state index in [0.29, 0.717) is 28.5 Å². The van der Waals surface area contributed by atoms with E-state index in [4.69, 9.17) is 4.74 Å². The second-order valence-electron chi connectivity index (χ2n) is 7.88. The number of fused-ring (bicyclic) bond motifs is 2. The van der Waals surface area contributed by atoms with Crippen LogP contribution >= 0.6 is 0 Å². The van der Waals surface area contributed by atoms with Crippen LogP contribution in [0.2, 0.25) is 0 Å². The molecule has 0 aliphatic carbocycles. The summed E-state index contributed by atoms with van der Waals surface area (Å²) in [5.74, 6) is -1.43. The highest BCUT2D eigenvalue weighted by Crippen LogP contribution is 2.26. The zero-order valence-electron chi connectivity index (χ0n) is 18.5. The summed E-state index contributed by atoms with van der Waals surface area (Å²) in [5.41, 5.74) is 3.31. The van der Waals surface area contributed by atoms with Gasteiger partial charge in [-0.3, -0.25) is 14.2 Å². The largest absolute Gasteiger partial charge is 0.485 e. The normalized spacial score (nSPS) is 11.2. The first-order valence-electron chi connectivity index (χ1n) is 10.6. The summed E-state index contributed by atoms with van der Waals surface area (Å²) in [6.45, 7) is 3.32. The molecule has 0 saturated heterocycles. The van der Waals surface area contributed by atoms with Crippen LogP contribution < -0.4 is 10.1 Å². The molecule has 8 heteroatoms. The molecule has 34 heavy (non-hydrogen) atoms. The first-order valence-corrected chi connectivity index (χ1v) is 10.6. The van der Waals surface area contributed by atoms with Crippen LogP contribution in [-0.4, -0.2) is 20.3 Å². The number of imidazole rings is 1. The Morgan fingerprint density at radius 1 is 0.971 bits per heavy atom. The van der Waals surface area contributed by atoms with Crippen LogP contribution in [0.3, 0.4) is 0 Å². The molecule has 3 aromatic heterocycles. The molecule has 1 N–H and O–H groups in total. The molecule has 5 rings (SSSR count). The molecule has 0 aliphatic rings. The van der Waals surface area contributed by atoms with Crippen molar-refractivity contribution in [2.24, 2.45) is 0 Å². The molecule has 0 bridgehead atoms. The van der Waals surface area contributed by atoms with Gasteiger partial charge in [-0.15, -0.1) is 0 Å². The van der Waals surface area contributed by atoms with Gasteiger partial charge < -0.3 is 10.1 Å². The predicted octanol–water partition coefficient (Wildman–Crippen LogP) is 5.61. The summed E-state index contributed by atoms with van der Waals surface area (Å²) in [5, 5.41) is 3.78. The lowest BCUT2D eigenvalue weighted by Gasteiger charge is -2.11. The zero-order valence-corrected chi connectivity index (χ0v) is 18.5. The van der Waals surface area contributed by atoms with E-state index in [1.807, 2.05) is 37.3 Å². The molecule has 2 aromatic carbocycles. The van der Waals surface area contributed by atoms with E-state index in [2.05, 4.69) is 15.3 Å². The Labute approximate surface area is 193 Å². The van der Waals surface area contributed by atoms with Gasteiger partial charge in [-0.05, 0) is 62.4 Å². The second-order valence-corrected chi connectivity index (χ2v) is 7.88. The van der Waals surface area contributed by atoms with Crippen LogP contribution in [0, 0.1) is 25.5 Å². The van der Waals surface area contributed by atoms with Gasteiger partial charge >= 0.3 is 0 Å². The number of amides is 1. The van der Waals surface area contributed by atoms with Crippen molar-refractivity contribution in [3.63, 3.8) is 0 Å². The van der Waals surface area contributed by atoms with Crippen molar-refractivity contribution in [3.8, 4) is 5.75 Å². The molecule has 0 fully saturated rings. The molecule has 0 atom stereocenters. The van der Waals surface area contributed by atoms with Crippen molar-refractivity contribution in [1.82, 2.24) is 14.4 Å². The van der Waals surface area contributed by atoms with Crippen molar-refractivity contribution in [2.45, 2.75) is 20.5 Å². The molecule has 1 amide bonds. The molecular weight excluding hydrogens is 438 g/mol. The third-order valence-corrected chi connectivity index (χ3v) is 5.56. The number of carbonyl (C=O) groups excluding carboxylic acids is 1. The smallest absolute Gasteiger partial charge is 0.274 e. The zero-order chi connectivity index (χ0) is 23.8. The first kappa shape index (κ1) is 21.5. The van der Waals surface area contributed by atoms with E-state index in [9.17, 15) is 13.6 Å². The first-order chi connectivity index (χ1) is 16.4. The van der Waals surface area contributed by atoms with E-state index in [1.165, 1.54) is 18.2 Å². The topological polar surface area (TPSA) is 68.5 Å². The number of ether oxygens (including phenoxy) is 1. The maximum atomic E-state index is 14.0. The fourth-order valence-corrected chi connectivity index (χ4v) is 3.91. The van der Waals surface area contributed by atoms with E-state index >= 15 is 0 Å². The fraction of sp³-hybridized carbons (Fsp3) is 0.115. The number of hydrogen-bond donors (Lipinski definition) is 1. The van der Waals surface area contributed by atoms with Crippen LogP contribution in [0.15, 0.2) is 66.9 Å². The second kappa shape index (κ2) is 8.55. The van der Waals surface area contributed by atoms with Gasteiger partial charge in [-0.1, -0.05) is 12.1 Å². The van der Waals surface area contributed by atoms with Gasteiger partial charge in [0.05, 0.1) is 22.5 Å². The van der Waals surface area contributed by atoms with Crippen LogP contribution in [0.4, 0.5) is 14.5 Å². The average molecular weight is 458 g/mol. The number of pyridine rings is 2. The summed E-state index contributed by atoms with van der Waals surface area (Å²) in [7, 11) is 0. The lowest BCUT2D eigenvalue weighted by molar-refractivity contribution is 0.102.